The Kier molecular flexibility index (Phi) is 4.10. The van der Waals surface area contributed by atoms with Crippen molar-refractivity contribution < 1.29 is 9.59 Å². The number of rotatable bonds is 4. The Morgan fingerprint density at radius 3 is 2.65 bits per heavy atom. The Bertz CT molecular complexity index is 594. The molecule has 6 heteroatoms. The second kappa shape index (κ2) is 5.92. The van der Waals surface area contributed by atoms with Gasteiger partial charge >= 0.3 is 0 Å². The maximum absolute atomic E-state index is 12.2. The summed E-state index contributed by atoms with van der Waals surface area (Å²) in [7, 11) is 1.98. The highest BCUT2D eigenvalue weighted by Gasteiger charge is 2.49. The van der Waals surface area contributed by atoms with Crippen molar-refractivity contribution in [2.45, 2.75) is 37.6 Å². The lowest BCUT2D eigenvalue weighted by Crippen LogP contribution is -2.47. The van der Waals surface area contributed by atoms with Gasteiger partial charge in [0.15, 0.2) is 0 Å². The lowest BCUT2D eigenvalue weighted by atomic mass is 9.66. The molecule has 1 aliphatic carbocycles. The fourth-order valence-corrected chi connectivity index (χ4v) is 4.14. The molecule has 6 nitrogen and oxygen atoms in total. The van der Waals surface area contributed by atoms with Crippen LogP contribution in [0.2, 0.25) is 0 Å². The smallest absolute Gasteiger partial charge is 0.237 e. The fourth-order valence-electron chi connectivity index (χ4n) is 4.14. The van der Waals surface area contributed by atoms with Crippen molar-refractivity contribution in [1.82, 2.24) is 15.2 Å². The third-order valence-corrected chi connectivity index (χ3v) is 5.55. The van der Waals surface area contributed by atoms with Crippen molar-refractivity contribution >= 4 is 11.8 Å². The van der Waals surface area contributed by atoms with Crippen LogP contribution >= 0.6 is 0 Å². The molecule has 1 saturated carbocycles. The predicted octanol–water partition coefficient (Wildman–Crippen LogP) is 0.774. The van der Waals surface area contributed by atoms with Crippen LogP contribution in [0.3, 0.4) is 0 Å². The van der Waals surface area contributed by atoms with Crippen LogP contribution in [0.25, 0.3) is 0 Å². The molecule has 3 N–H and O–H groups in total. The summed E-state index contributed by atoms with van der Waals surface area (Å²) < 4.78 is 0. The first-order valence-electron chi connectivity index (χ1n) is 8.15. The Morgan fingerprint density at radius 2 is 2.09 bits per heavy atom. The average molecular weight is 316 g/mol. The van der Waals surface area contributed by atoms with Gasteiger partial charge in [-0.1, -0.05) is 6.07 Å². The molecule has 124 valence electrons. The number of likely N-dealkylation sites (tertiary alicyclic amines) is 1. The average Bonchev–Trinajstić information content (AvgIpc) is 2.84. The number of aromatic nitrogens is 1. The van der Waals surface area contributed by atoms with Gasteiger partial charge in [0.05, 0.1) is 17.8 Å². The van der Waals surface area contributed by atoms with Gasteiger partial charge < -0.3 is 16.0 Å². The van der Waals surface area contributed by atoms with Crippen molar-refractivity contribution in [3.8, 4) is 0 Å². The monoisotopic (exact) mass is 316 g/mol. The van der Waals surface area contributed by atoms with Crippen LogP contribution in [-0.2, 0) is 15.1 Å². The van der Waals surface area contributed by atoms with Crippen LogP contribution < -0.4 is 11.1 Å². The quantitative estimate of drug-likeness (QED) is 0.859. The van der Waals surface area contributed by atoms with Crippen LogP contribution in [0, 0.1) is 5.41 Å². The van der Waals surface area contributed by atoms with Gasteiger partial charge in [-0.15, -0.1) is 0 Å². The zero-order valence-electron chi connectivity index (χ0n) is 13.5. The van der Waals surface area contributed by atoms with Crippen LogP contribution in [0.4, 0.5) is 0 Å². The molecule has 1 aliphatic heterocycles. The van der Waals surface area contributed by atoms with Crippen molar-refractivity contribution in [3.63, 3.8) is 0 Å². The summed E-state index contributed by atoms with van der Waals surface area (Å²) in [5.41, 5.74) is 6.18. The summed E-state index contributed by atoms with van der Waals surface area (Å²) in [6, 6.07) is 6.00. The molecule has 0 bridgehead atoms. The molecular weight excluding hydrogens is 292 g/mol. The molecule has 23 heavy (non-hydrogen) atoms. The lowest BCUT2D eigenvalue weighted by Gasteiger charge is -2.44. The molecule has 2 fully saturated rings. The van der Waals surface area contributed by atoms with Gasteiger partial charge in [-0.3, -0.25) is 14.6 Å². The number of nitrogens with two attached hydrogens (primary N) is 1. The normalized spacial score (nSPS) is 30.8. The molecule has 2 heterocycles. The third kappa shape index (κ3) is 2.95. The van der Waals surface area contributed by atoms with E-state index in [4.69, 9.17) is 5.73 Å². The van der Waals surface area contributed by atoms with Gasteiger partial charge in [-0.2, -0.15) is 0 Å². The minimum atomic E-state index is -0.440. The largest absolute Gasteiger partial charge is 0.368 e. The maximum atomic E-state index is 12.2. The van der Waals surface area contributed by atoms with Crippen molar-refractivity contribution in [1.29, 1.82) is 0 Å². The van der Waals surface area contributed by atoms with Crippen molar-refractivity contribution in [3.05, 3.63) is 30.1 Å². The first-order valence-corrected chi connectivity index (χ1v) is 8.15. The number of amides is 2. The van der Waals surface area contributed by atoms with Gasteiger partial charge in [0, 0.05) is 19.2 Å². The number of hydrogen-bond donors (Lipinski definition) is 2. The molecule has 0 aromatic carbocycles. The summed E-state index contributed by atoms with van der Waals surface area (Å²) in [4.78, 5) is 29.4. The Labute approximate surface area is 136 Å². The van der Waals surface area contributed by atoms with Crippen molar-refractivity contribution in [2.24, 2.45) is 11.1 Å². The fraction of sp³-hybridized carbons (Fsp3) is 0.588. The number of hydrogen-bond acceptors (Lipinski definition) is 4. The lowest BCUT2D eigenvalue weighted by molar-refractivity contribution is -0.132. The Balaban J connectivity index is 1.73. The number of primary amides is 1. The van der Waals surface area contributed by atoms with Gasteiger partial charge in [-0.25, -0.2) is 0 Å². The highest BCUT2D eigenvalue weighted by atomic mass is 16.2. The molecule has 1 saturated heterocycles. The van der Waals surface area contributed by atoms with E-state index in [9.17, 15) is 9.59 Å². The summed E-state index contributed by atoms with van der Waals surface area (Å²) in [5, 5.41) is 3.46. The SMILES string of the molecule is CNC1(c2ccccn2)CCC2(CC1)CC(=O)N(CC(N)=O)C2. The maximum Gasteiger partial charge on any atom is 0.237 e. The molecular formula is C17H24N4O2. The van der Waals surface area contributed by atoms with Gasteiger partial charge in [-0.05, 0) is 50.3 Å². The van der Waals surface area contributed by atoms with E-state index in [2.05, 4.69) is 16.4 Å². The number of nitrogens with one attached hydrogen (secondary N) is 1. The first-order chi connectivity index (χ1) is 11.0. The van der Waals surface area contributed by atoms with Gasteiger partial charge in [0.1, 0.15) is 0 Å². The zero-order chi connectivity index (χ0) is 16.5. The summed E-state index contributed by atoms with van der Waals surface area (Å²) in [6.07, 6.45) is 6.14. The van der Waals surface area contributed by atoms with Crippen molar-refractivity contribution in [2.75, 3.05) is 20.1 Å². The molecule has 1 aromatic rings. The number of carbonyl (C=O) groups is 2. The van der Waals surface area contributed by atoms with E-state index in [0.29, 0.717) is 13.0 Å². The second-order valence-electron chi connectivity index (χ2n) is 6.94. The second-order valence-corrected chi connectivity index (χ2v) is 6.94. The zero-order valence-corrected chi connectivity index (χ0v) is 13.5. The van der Waals surface area contributed by atoms with E-state index in [1.807, 2.05) is 25.4 Å². The topological polar surface area (TPSA) is 88.3 Å². The van der Waals surface area contributed by atoms with Gasteiger partial charge in [0.2, 0.25) is 11.8 Å². The number of nitrogens with zero attached hydrogens (tertiary/aromatic N) is 2. The number of pyridine rings is 1. The van der Waals surface area contributed by atoms with E-state index in [0.717, 1.165) is 31.4 Å². The van der Waals surface area contributed by atoms with E-state index in [-0.39, 0.29) is 23.4 Å². The summed E-state index contributed by atoms with van der Waals surface area (Å²) in [6.45, 7) is 0.689. The number of carbonyl (C=O) groups excluding carboxylic acids is 2. The van der Waals surface area contributed by atoms with E-state index in [1.54, 1.807) is 4.90 Å². The molecule has 3 rings (SSSR count). The predicted molar refractivity (Wildman–Crippen MR) is 86.3 cm³/mol. The standard InChI is InChI=1S/C17H24N4O2/c1-19-17(13-4-2-3-9-20-13)7-5-16(6-8-17)10-15(23)21(12-16)11-14(18)22/h2-4,9,19H,5-8,10-12H2,1H3,(H2,18,22). The third-order valence-electron chi connectivity index (χ3n) is 5.55. The van der Waals surface area contributed by atoms with Crippen LogP contribution in [0.1, 0.15) is 37.8 Å². The van der Waals surface area contributed by atoms with Crippen LogP contribution in [0.15, 0.2) is 24.4 Å². The highest BCUT2D eigenvalue weighted by molar-refractivity contribution is 5.85. The summed E-state index contributed by atoms with van der Waals surface area (Å²) >= 11 is 0. The first kappa shape index (κ1) is 15.9. The molecule has 0 atom stereocenters. The molecule has 1 spiro atoms. The highest BCUT2D eigenvalue weighted by Crippen LogP contribution is 2.49. The molecule has 2 amide bonds. The van der Waals surface area contributed by atoms with E-state index in [1.165, 1.54) is 0 Å². The van der Waals surface area contributed by atoms with Crippen LogP contribution in [-0.4, -0.2) is 41.8 Å². The minimum absolute atomic E-state index is 0.0122. The molecule has 1 aromatic heterocycles. The van der Waals surface area contributed by atoms with Gasteiger partial charge in [0.25, 0.3) is 0 Å². The minimum Gasteiger partial charge on any atom is -0.368 e. The Hall–Kier alpha value is -1.95. The summed E-state index contributed by atoms with van der Waals surface area (Å²) in [5.74, 6) is -0.386. The van der Waals surface area contributed by atoms with E-state index < -0.39 is 5.91 Å². The van der Waals surface area contributed by atoms with Crippen LogP contribution in [0.5, 0.6) is 0 Å². The van der Waals surface area contributed by atoms with E-state index >= 15 is 0 Å². The Morgan fingerprint density at radius 1 is 1.35 bits per heavy atom. The molecule has 2 aliphatic rings. The molecule has 0 unspecified atom stereocenters. The molecule has 0 radical (unpaired) electrons.